The van der Waals surface area contributed by atoms with Crippen LogP contribution in [-0.2, 0) is 11.2 Å². The monoisotopic (exact) mass is 260 g/mol. The van der Waals surface area contributed by atoms with Crippen LogP contribution in [0.25, 0.3) is 27.6 Å². The van der Waals surface area contributed by atoms with Gasteiger partial charge in [0.25, 0.3) is 0 Å². The number of Topliss-reactive ketones (excluding diaryl/α,β-unsaturated/α-hetero) is 1. The lowest BCUT2D eigenvalue weighted by Gasteiger charge is -2.11. The van der Waals surface area contributed by atoms with Gasteiger partial charge in [-0.1, -0.05) is 49.1 Å². The highest BCUT2D eigenvalue weighted by molar-refractivity contribution is 6.02. The second-order valence-electron chi connectivity index (χ2n) is 5.14. The van der Waals surface area contributed by atoms with Crippen LogP contribution < -0.4 is 0 Å². The van der Waals surface area contributed by atoms with E-state index in [0.717, 1.165) is 16.5 Å². The molecule has 0 saturated heterocycles. The van der Waals surface area contributed by atoms with Gasteiger partial charge in [0.05, 0.1) is 0 Å². The predicted octanol–water partition coefficient (Wildman–Crippen LogP) is 4.77. The Balaban J connectivity index is 2.39. The molecule has 98 valence electrons. The molecule has 1 heteroatoms. The summed E-state index contributed by atoms with van der Waals surface area (Å²) in [6.45, 7) is 5.49. The lowest BCUT2D eigenvalue weighted by atomic mass is 9.93. The summed E-state index contributed by atoms with van der Waals surface area (Å²) >= 11 is 0. The zero-order valence-electron chi connectivity index (χ0n) is 11.5. The maximum Gasteiger partial charge on any atom is 0.134 e. The van der Waals surface area contributed by atoms with E-state index < -0.39 is 0 Å². The first-order valence-electron chi connectivity index (χ1n) is 6.75. The largest absolute Gasteiger partial charge is 0.300 e. The summed E-state index contributed by atoms with van der Waals surface area (Å²) in [6, 6.07) is 16.8. The Kier molecular flexibility index (Phi) is 3.11. The highest BCUT2D eigenvalue weighted by Crippen LogP contribution is 2.28. The predicted molar refractivity (Wildman–Crippen MR) is 85.9 cm³/mol. The van der Waals surface area contributed by atoms with E-state index in [1.54, 1.807) is 6.92 Å². The van der Waals surface area contributed by atoms with Gasteiger partial charge in [0.1, 0.15) is 5.78 Å². The van der Waals surface area contributed by atoms with E-state index in [4.69, 9.17) is 0 Å². The Morgan fingerprint density at radius 1 is 1.05 bits per heavy atom. The van der Waals surface area contributed by atoms with Crippen LogP contribution in [0.5, 0.6) is 0 Å². The van der Waals surface area contributed by atoms with Crippen LogP contribution in [0, 0.1) is 0 Å². The summed E-state index contributed by atoms with van der Waals surface area (Å²) in [5, 5.41) is 4.74. The lowest BCUT2D eigenvalue weighted by molar-refractivity contribution is -0.116. The molecular formula is C19H16O. The van der Waals surface area contributed by atoms with Gasteiger partial charge >= 0.3 is 0 Å². The highest BCUT2D eigenvalue weighted by atomic mass is 16.1. The molecule has 0 amide bonds. The quantitative estimate of drug-likeness (QED) is 0.620. The average molecular weight is 260 g/mol. The zero-order chi connectivity index (χ0) is 14.1. The molecule has 0 aromatic heterocycles. The Hall–Kier alpha value is -2.41. The van der Waals surface area contributed by atoms with Crippen molar-refractivity contribution >= 4 is 33.4 Å². The van der Waals surface area contributed by atoms with Gasteiger partial charge in [-0.05, 0) is 51.7 Å². The van der Waals surface area contributed by atoms with E-state index in [1.807, 2.05) is 24.3 Å². The summed E-state index contributed by atoms with van der Waals surface area (Å²) in [7, 11) is 0. The molecule has 0 atom stereocenters. The van der Waals surface area contributed by atoms with E-state index in [2.05, 4.69) is 36.9 Å². The van der Waals surface area contributed by atoms with Gasteiger partial charge in [-0.2, -0.15) is 0 Å². The molecule has 0 bridgehead atoms. The number of fused-ring (bicyclic) bond motifs is 2. The minimum atomic E-state index is 0.175. The molecule has 3 aromatic rings. The summed E-state index contributed by atoms with van der Waals surface area (Å²) in [5.74, 6) is 0.175. The number of benzene rings is 3. The van der Waals surface area contributed by atoms with Crippen molar-refractivity contribution in [2.75, 3.05) is 0 Å². The molecule has 0 N–H and O–H groups in total. The fourth-order valence-electron chi connectivity index (χ4n) is 2.73. The SMILES string of the molecule is C=Cc1ccc2cc3ccccc3cc2c1CC(C)=O. The van der Waals surface area contributed by atoms with Gasteiger partial charge in [0, 0.05) is 6.42 Å². The van der Waals surface area contributed by atoms with Crippen molar-refractivity contribution in [1.29, 1.82) is 0 Å². The van der Waals surface area contributed by atoms with Gasteiger partial charge in [-0.25, -0.2) is 0 Å². The summed E-state index contributed by atoms with van der Waals surface area (Å²) in [6.07, 6.45) is 2.28. The minimum absolute atomic E-state index is 0.175. The number of rotatable bonds is 3. The molecule has 0 aliphatic rings. The molecule has 3 aromatic carbocycles. The Bertz CT molecular complexity index is 828. The topological polar surface area (TPSA) is 17.1 Å². The first kappa shape index (κ1) is 12.6. The molecule has 0 radical (unpaired) electrons. The molecule has 1 nitrogen and oxygen atoms in total. The molecule has 0 unspecified atom stereocenters. The van der Waals surface area contributed by atoms with Crippen molar-refractivity contribution in [3.8, 4) is 0 Å². The molecule has 3 rings (SSSR count). The van der Waals surface area contributed by atoms with Crippen LogP contribution in [0.15, 0.2) is 55.1 Å². The first-order valence-corrected chi connectivity index (χ1v) is 6.75. The fourth-order valence-corrected chi connectivity index (χ4v) is 2.73. The van der Waals surface area contributed by atoms with E-state index in [1.165, 1.54) is 16.2 Å². The van der Waals surface area contributed by atoms with E-state index in [9.17, 15) is 4.79 Å². The number of carbonyl (C=O) groups is 1. The van der Waals surface area contributed by atoms with Crippen molar-refractivity contribution in [3.05, 3.63) is 66.2 Å². The van der Waals surface area contributed by atoms with E-state index in [-0.39, 0.29) is 5.78 Å². The summed E-state index contributed by atoms with van der Waals surface area (Å²) < 4.78 is 0. The van der Waals surface area contributed by atoms with Gasteiger partial charge in [0.2, 0.25) is 0 Å². The van der Waals surface area contributed by atoms with Crippen molar-refractivity contribution in [1.82, 2.24) is 0 Å². The molecule has 0 aliphatic carbocycles. The van der Waals surface area contributed by atoms with Crippen molar-refractivity contribution in [2.45, 2.75) is 13.3 Å². The van der Waals surface area contributed by atoms with Crippen LogP contribution >= 0.6 is 0 Å². The second kappa shape index (κ2) is 4.93. The molecule has 0 fully saturated rings. The number of ketones is 1. The van der Waals surface area contributed by atoms with Gasteiger partial charge in [-0.3, -0.25) is 4.79 Å². The van der Waals surface area contributed by atoms with Crippen molar-refractivity contribution < 1.29 is 4.79 Å². The van der Waals surface area contributed by atoms with Crippen LogP contribution in [0.3, 0.4) is 0 Å². The summed E-state index contributed by atoms with van der Waals surface area (Å²) in [5.41, 5.74) is 2.12. The first-order chi connectivity index (χ1) is 9.69. The number of hydrogen-bond acceptors (Lipinski definition) is 1. The smallest absolute Gasteiger partial charge is 0.134 e. The standard InChI is InChI=1S/C19H16O/c1-3-14-8-9-17-11-15-6-4-5-7-16(15)12-19(17)18(14)10-13(2)20/h3-9,11-12H,1,10H2,2H3. The summed E-state index contributed by atoms with van der Waals surface area (Å²) in [4.78, 5) is 11.6. The van der Waals surface area contributed by atoms with Crippen LogP contribution in [-0.4, -0.2) is 5.78 Å². The van der Waals surface area contributed by atoms with Crippen LogP contribution in [0.1, 0.15) is 18.1 Å². The Labute approximate surface area is 118 Å². The van der Waals surface area contributed by atoms with Gasteiger partial charge in [-0.15, -0.1) is 0 Å². The van der Waals surface area contributed by atoms with Crippen molar-refractivity contribution in [2.24, 2.45) is 0 Å². The molecule has 0 aliphatic heterocycles. The Morgan fingerprint density at radius 3 is 2.40 bits per heavy atom. The minimum Gasteiger partial charge on any atom is -0.300 e. The van der Waals surface area contributed by atoms with E-state index in [0.29, 0.717) is 6.42 Å². The Morgan fingerprint density at radius 2 is 1.75 bits per heavy atom. The van der Waals surface area contributed by atoms with E-state index >= 15 is 0 Å². The normalized spacial score (nSPS) is 10.8. The van der Waals surface area contributed by atoms with Gasteiger partial charge in [0.15, 0.2) is 0 Å². The molecule has 20 heavy (non-hydrogen) atoms. The average Bonchev–Trinajstić information content (AvgIpc) is 2.45. The van der Waals surface area contributed by atoms with Crippen molar-refractivity contribution in [3.63, 3.8) is 0 Å². The molecule has 0 saturated carbocycles. The zero-order valence-corrected chi connectivity index (χ0v) is 11.5. The number of hydrogen-bond donors (Lipinski definition) is 0. The highest BCUT2D eigenvalue weighted by Gasteiger charge is 2.09. The maximum absolute atomic E-state index is 11.6. The third-order valence-corrected chi connectivity index (χ3v) is 3.68. The fraction of sp³-hybridized carbons (Fsp3) is 0.105. The molecule has 0 spiro atoms. The molecular weight excluding hydrogens is 244 g/mol. The molecule has 0 heterocycles. The number of carbonyl (C=O) groups excluding carboxylic acids is 1. The third kappa shape index (κ3) is 2.12. The van der Waals surface area contributed by atoms with Crippen LogP contribution in [0.4, 0.5) is 0 Å². The lowest BCUT2D eigenvalue weighted by Crippen LogP contribution is -2.00. The third-order valence-electron chi connectivity index (χ3n) is 3.68. The second-order valence-corrected chi connectivity index (χ2v) is 5.14. The van der Waals surface area contributed by atoms with Gasteiger partial charge < -0.3 is 0 Å². The maximum atomic E-state index is 11.6. The van der Waals surface area contributed by atoms with Crippen LogP contribution in [0.2, 0.25) is 0 Å².